The van der Waals surface area contributed by atoms with Gasteiger partial charge in [-0.2, -0.15) is 0 Å². The molecule has 1 aromatic rings. The van der Waals surface area contributed by atoms with Gasteiger partial charge in [-0.05, 0) is 6.07 Å². The summed E-state index contributed by atoms with van der Waals surface area (Å²) < 4.78 is 27.3. The van der Waals surface area contributed by atoms with Gasteiger partial charge in [0, 0.05) is 33.4 Å². The SMILES string of the molecule is CNC(=O)c1cc(S(=O)(=O)NCCN)cn1C.Cl. The summed E-state index contributed by atoms with van der Waals surface area (Å²) in [5.74, 6) is -0.340. The number of nitrogens with zero attached hydrogens (tertiary/aromatic N) is 1. The van der Waals surface area contributed by atoms with Crippen LogP contribution in [-0.2, 0) is 17.1 Å². The molecule has 4 N–H and O–H groups in total. The van der Waals surface area contributed by atoms with Crippen molar-refractivity contribution < 1.29 is 13.2 Å². The van der Waals surface area contributed by atoms with Gasteiger partial charge in [0.05, 0.1) is 0 Å². The molecule has 18 heavy (non-hydrogen) atoms. The number of carbonyl (C=O) groups excluding carboxylic acids is 1. The number of aryl methyl sites for hydroxylation is 1. The van der Waals surface area contributed by atoms with Crippen LogP contribution in [0.25, 0.3) is 0 Å². The summed E-state index contributed by atoms with van der Waals surface area (Å²) in [5, 5.41) is 2.44. The zero-order valence-corrected chi connectivity index (χ0v) is 11.8. The van der Waals surface area contributed by atoms with Crippen molar-refractivity contribution in [3.8, 4) is 0 Å². The van der Waals surface area contributed by atoms with E-state index >= 15 is 0 Å². The van der Waals surface area contributed by atoms with Crippen LogP contribution in [0.15, 0.2) is 17.2 Å². The van der Waals surface area contributed by atoms with E-state index in [1.54, 1.807) is 7.05 Å². The predicted molar refractivity (Wildman–Crippen MR) is 70.3 cm³/mol. The van der Waals surface area contributed by atoms with Crippen LogP contribution in [0, 0.1) is 0 Å². The topological polar surface area (TPSA) is 106 Å². The summed E-state index contributed by atoms with van der Waals surface area (Å²) >= 11 is 0. The molecule has 0 bridgehead atoms. The minimum Gasteiger partial charge on any atom is -0.354 e. The largest absolute Gasteiger partial charge is 0.354 e. The lowest BCUT2D eigenvalue weighted by Crippen LogP contribution is -2.28. The van der Waals surface area contributed by atoms with Crippen molar-refractivity contribution in [3.63, 3.8) is 0 Å². The van der Waals surface area contributed by atoms with Crippen molar-refractivity contribution in [2.24, 2.45) is 12.8 Å². The highest BCUT2D eigenvalue weighted by Gasteiger charge is 2.19. The Morgan fingerprint density at radius 1 is 1.50 bits per heavy atom. The summed E-state index contributed by atoms with van der Waals surface area (Å²) in [7, 11) is -0.511. The number of carbonyl (C=O) groups is 1. The van der Waals surface area contributed by atoms with E-state index in [0.29, 0.717) is 0 Å². The molecule has 0 atom stereocenters. The molecular weight excluding hydrogens is 280 g/mol. The lowest BCUT2D eigenvalue weighted by atomic mass is 10.4. The highest BCUT2D eigenvalue weighted by molar-refractivity contribution is 7.89. The molecule has 104 valence electrons. The molecule has 0 spiro atoms. The molecule has 9 heteroatoms. The van der Waals surface area contributed by atoms with Gasteiger partial charge in [-0.3, -0.25) is 4.79 Å². The maximum absolute atomic E-state index is 11.8. The second-order valence-electron chi connectivity index (χ2n) is 3.44. The number of nitrogens with one attached hydrogen (secondary N) is 2. The molecule has 0 saturated heterocycles. The van der Waals surface area contributed by atoms with Crippen molar-refractivity contribution in [1.82, 2.24) is 14.6 Å². The fraction of sp³-hybridized carbons (Fsp3) is 0.444. The van der Waals surface area contributed by atoms with Gasteiger partial charge in [0.15, 0.2) is 0 Å². The quantitative estimate of drug-likeness (QED) is 0.651. The number of hydrogen-bond donors (Lipinski definition) is 3. The molecular formula is C9H17ClN4O3S. The lowest BCUT2D eigenvalue weighted by molar-refractivity contribution is 0.0955. The third kappa shape index (κ3) is 3.70. The van der Waals surface area contributed by atoms with Crippen LogP contribution in [0.4, 0.5) is 0 Å². The molecule has 0 aliphatic heterocycles. The van der Waals surface area contributed by atoms with Crippen molar-refractivity contribution in [2.45, 2.75) is 4.90 Å². The summed E-state index contributed by atoms with van der Waals surface area (Å²) in [6.45, 7) is 0.376. The second kappa shape index (κ2) is 6.74. The Hall–Kier alpha value is -1.09. The van der Waals surface area contributed by atoms with Crippen LogP contribution in [0.1, 0.15) is 10.5 Å². The van der Waals surface area contributed by atoms with Gasteiger partial charge < -0.3 is 15.6 Å². The minimum atomic E-state index is -3.60. The molecule has 0 aliphatic rings. The zero-order valence-electron chi connectivity index (χ0n) is 10.1. The molecule has 1 aromatic heterocycles. The molecule has 1 amide bonds. The fourth-order valence-corrected chi connectivity index (χ4v) is 2.43. The van der Waals surface area contributed by atoms with E-state index < -0.39 is 10.0 Å². The van der Waals surface area contributed by atoms with E-state index in [9.17, 15) is 13.2 Å². The van der Waals surface area contributed by atoms with Gasteiger partial charge in [0.2, 0.25) is 10.0 Å². The smallest absolute Gasteiger partial charge is 0.267 e. The number of nitrogens with two attached hydrogens (primary N) is 1. The summed E-state index contributed by atoms with van der Waals surface area (Å²) in [4.78, 5) is 11.5. The van der Waals surface area contributed by atoms with Gasteiger partial charge >= 0.3 is 0 Å². The Morgan fingerprint density at radius 3 is 2.61 bits per heavy atom. The maximum Gasteiger partial charge on any atom is 0.267 e. The Labute approximate surface area is 112 Å². The number of hydrogen-bond acceptors (Lipinski definition) is 4. The van der Waals surface area contributed by atoms with E-state index in [-0.39, 0.29) is 42.0 Å². The Bertz CT molecular complexity index is 512. The van der Waals surface area contributed by atoms with Crippen LogP contribution in [0.5, 0.6) is 0 Å². The first-order valence-corrected chi connectivity index (χ1v) is 6.49. The molecule has 1 heterocycles. The highest BCUT2D eigenvalue weighted by atomic mass is 35.5. The Balaban J connectivity index is 0.00000289. The summed E-state index contributed by atoms with van der Waals surface area (Å²) in [6, 6.07) is 1.32. The van der Waals surface area contributed by atoms with E-state index in [1.807, 2.05) is 0 Å². The molecule has 0 unspecified atom stereocenters. The van der Waals surface area contributed by atoms with Crippen molar-refractivity contribution in [3.05, 3.63) is 18.0 Å². The molecule has 7 nitrogen and oxygen atoms in total. The van der Waals surface area contributed by atoms with Gasteiger partial charge in [-0.1, -0.05) is 0 Å². The summed E-state index contributed by atoms with van der Waals surface area (Å²) in [5.41, 5.74) is 5.50. The average molecular weight is 297 g/mol. The van der Waals surface area contributed by atoms with Gasteiger partial charge in [0.25, 0.3) is 5.91 Å². The third-order valence-corrected chi connectivity index (χ3v) is 3.61. The van der Waals surface area contributed by atoms with Crippen molar-refractivity contribution >= 4 is 28.3 Å². The van der Waals surface area contributed by atoms with Crippen molar-refractivity contribution in [2.75, 3.05) is 20.1 Å². The van der Waals surface area contributed by atoms with Crippen LogP contribution in [0.2, 0.25) is 0 Å². The fourth-order valence-electron chi connectivity index (χ4n) is 1.31. The number of amides is 1. The van der Waals surface area contributed by atoms with E-state index in [4.69, 9.17) is 5.73 Å². The first-order chi connectivity index (χ1) is 7.92. The zero-order chi connectivity index (χ0) is 13.1. The maximum atomic E-state index is 11.8. The normalized spacial score (nSPS) is 10.8. The highest BCUT2D eigenvalue weighted by Crippen LogP contribution is 2.12. The Morgan fingerprint density at radius 2 is 2.11 bits per heavy atom. The first-order valence-electron chi connectivity index (χ1n) is 5.00. The molecule has 0 radical (unpaired) electrons. The molecule has 0 fully saturated rings. The van der Waals surface area contributed by atoms with Gasteiger partial charge in [-0.25, -0.2) is 13.1 Å². The summed E-state index contributed by atoms with van der Waals surface area (Å²) in [6.07, 6.45) is 1.38. The van der Waals surface area contributed by atoms with E-state index in [1.165, 1.54) is 23.9 Å². The minimum absolute atomic E-state index is 0. The third-order valence-electron chi connectivity index (χ3n) is 2.19. The molecule has 1 rings (SSSR count). The molecule has 0 aliphatic carbocycles. The first kappa shape index (κ1) is 16.9. The van der Waals surface area contributed by atoms with Crippen LogP contribution in [-0.4, -0.2) is 39.0 Å². The monoisotopic (exact) mass is 296 g/mol. The van der Waals surface area contributed by atoms with Crippen LogP contribution in [0.3, 0.4) is 0 Å². The molecule has 0 saturated carbocycles. The number of halogens is 1. The number of rotatable bonds is 5. The number of sulfonamides is 1. The standard InChI is InChI=1S/C9H16N4O3S.ClH/c1-11-9(14)8-5-7(6-13(8)2)17(15,16)12-4-3-10;/h5-6,12H,3-4,10H2,1-2H3,(H,11,14);1H. The second-order valence-corrected chi connectivity index (χ2v) is 5.20. The van der Waals surface area contributed by atoms with E-state index in [2.05, 4.69) is 10.0 Å². The van der Waals surface area contributed by atoms with Crippen LogP contribution >= 0.6 is 12.4 Å². The van der Waals surface area contributed by atoms with Crippen LogP contribution < -0.4 is 15.8 Å². The number of aromatic nitrogens is 1. The average Bonchev–Trinajstić information content (AvgIpc) is 2.68. The van der Waals surface area contributed by atoms with Crippen molar-refractivity contribution in [1.29, 1.82) is 0 Å². The van der Waals surface area contributed by atoms with Gasteiger partial charge in [0.1, 0.15) is 10.6 Å². The Kier molecular flexibility index (Phi) is 6.33. The molecule has 0 aromatic carbocycles. The van der Waals surface area contributed by atoms with E-state index in [0.717, 1.165) is 0 Å². The lowest BCUT2D eigenvalue weighted by Gasteiger charge is -2.01. The van der Waals surface area contributed by atoms with Gasteiger partial charge in [-0.15, -0.1) is 12.4 Å². The predicted octanol–water partition coefficient (Wildman–Crippen LogP) is -0.956.